The molecule has 1 unspecified atom stereocenters. The van der Waals surface area contributed by atoms with E-state index in [1.807, 2.05) is 18.2 Å². The van der Waals surface area contributed by atoms with Crippen LogP contribution >= 0.6 is 0 Å². The van der Waals surface area contributed by atoms with Gasteiger partial charge in [-0.1, -0.05) is 36.4 Å². The van der Waals surface area contributed by atoms with Crippen molar-refractivity contribution in [3.8, 4) is 0 Å². The number of fused-ring (bicyclic) bond motifs is 1. The van der Waals surface area contributed by atoms with E-state index in [0.717, 1.165) is 18.4 Å². The molecule has 0 aromatic heterocycles. The van der Waals surface area contributed by atoms with E-state index in [0.29, 0.717) is 11.4 Å². The highest BCUT2D eigenvalue weighted by Crippen LogP contribution is 2.35. The summed E-state index contributed by atoms with van der Waals surface area (Å²) in [5.74, 6) is -0.749. The maximum absolute atomic E-state index is 12.8. The first-order valence-corrected chi connectivity index (χ1v) is 8.48. The number of hydrogen-bond donors (Lipinski definition) is 1. The van der Waals surface area contributed by atoms with E-state index in [1.165, 1.54) is 10.5 Å². The molecule has 0 bridgehead atoms. The van der Waals surface area contributed by atoms with Crippen molar-refractivity contribution in [1.29, 1.82) is 0 Å². The second kappa shape index (κ2) is 6.16. The van der Waals surface area contributed by atoms with E-state index in [4.69, 9.17) is 0 Å². The molecule has 2 aromatic rings. The van der Waals surface area contributed by atoms with Crippen molar-refractivity contribution in [3.63, 3.8) is 0 Å². The van der Waals surface area contributed by atoms with Crippen LogP contribution in [0.3, 0.4) is 0 Å². The minimum Gasteiger partial charge on any atom is -0.324 e. The number of hydrogen-bond acceptors (Lipinski definition) is 3. The lowest BCUT2D eigenvalue weighted by molar-refractivity contribution is -0.121. The van der Waals surface area contributed by atoms with Crippen molar-refractivity contribution in [1.82, 2.24) is 0 Å². The van der Waals surface area contributed by atoms with Gasteiger partial charge in [-0.05, 0) is 36.1 Å². The van der Waals surface area contributed by atoms with Crippen LogP contribution in [-0.2, 0) is 20.8 Å². The van der Waals surface area contributed by atoms with Crippen molar-refractivity contribution in [2.24, 2.45) is 0 Å². The van der Waals surface area contributed by atoms with Gasteiger partial charge in [-0.15, -0.1) is 0 Å². The third-order valence-corrected chi connectivity index (χ3v) is 4.90. The largest absolute Gasteiger partial charge is 0.324 e. The number of aryl methyl sites for hydroxylation is 1. The lowest BCUT2D eigenvalue weighted by Gasteiger charge is -2.20. The van der Waals surface area contributed by atoms with Gasteiger partial charge in [0.05, 0.1) is 17.3 Å². The first-order chi connectivity index (χ1) is 12.1. The number of nitrogens with one attached hydrogen (secondary N) is 1. The minimum absolute atomic E-state index is 0.100. The fourth-order valence-electron chi connectivity index (χ4n) is 3.67. The summed E-state index contributed by atoms with van der Waals surface area (Å²) in [5.41, 5.74) is 3.22. The SMILES string of the molecule is O=C(Nc1ccccc1N1C(=O)CCC1=O)C1CCc2ccccc21. The van der Waals surface area contributed by atoms with Gasteiger partial charge in [-0.25, -0.2) is 4.90 Å². The number of anilines is 2. The van der Waals surface area contributed by atoms with Crippen molar-refractivity contribution < 1.29 is 14.4 Å². The maximum atomic E-state index is 12.8. The van der Waals surface area contributed by atoms with E-state index in [2.05, 4.69) is 11.4 Å². The summed E-state index contributed by atoms with van der Waals surface area (Å²) >= 11 is 0. The van der Waals surface area contributed by atoms with Crippen LogP contribution in [0.2, 0.25) is 0 Å². The molecular formula is C20H18N2O3. The predicted molar refractivity (Wildman–Crippen MR) is 94.3 cm³/mol. The van der Waals surface area contributed by atoms with Crippen molar-refractivity contribution in [2.75, 3.05) is 10.2 Å². The Balaban J connectivity index is 1.61. The predicted octanol–water partition coefficient (Wildman–Crippen LogP) is 3.01. The Morgan fingerprint density at radius 2 is 1.60 bits per heavy atom. The van der Waals surface area contributed by atoms with E-state index < -0.39 is 0 Å². The normalized spacial score (nSPS) is 19.2. The number of carbonyl (C=O) groups excluding carboxylic acids is 3. The number of imide groups is 1. The fraction of sp³-hybridized carbons (Fsp3) is 0.250. The minimum atomic E-state index is -0.224. The third kappa shape index (κ3) is 2.71. The molecule has 1 saturated heterocycles. The van der Waals surface area contributed by atoms with E-state index in [-0.39, 0.29) is 36.5 Å². The van der Waals surface area contributed by atoms with Crippen LogP contribution in [0, 0.1) is 0 Å². The first-order valence-electron chi connectivity index (χ1n) is 8.48. The molecule has 5 nitrogen and oxygen atoms in total. The summed E-state index contributed by atoms with van der Waals surface area (Å²) in [7, 11) is 0. The number of para-hydroxylation sites is 2. The number of nitrogens with zero attached hydrogens (tertiary/aromatic N) is 1. The number of carbonyl (C=O) groups is 3. The molecule has 25 heavy (non-hydrogen) atoms. The smallest absolute Gasteiger partial charge is 0.234 e. The fourth-order valence-corrected chi connectivity index (χ4v) is 3.67. The van der Waals surface area contributed by atoms with Crippen LogP contribution in [0.5, 0.6) is 0 Å². The summed E-state index contributed by atoms with van der Waals surface area (Å²) in [6, 6.07) is 14.9. The number of amides is 3. The Morgan fingerprint density at radius 3 is 2.40 bits per heavy atom. The molecule has 1 aliphatic carbocycles. The Bertz CT molecular complexity index is 859. The Labute approximate surface area is 145 Å². The Hall–Kier alpha value is -2.95. The summed E-state index contributed by atoms with van der Waals surface area (Å²) in [6.45, 7) is 0. The molecule has 2 aromatic carbocycles. The van der Waals surface area contributed by atoms with E-state index >= 15 is 0 Å². The average Bonchev–Trinajstić information content (AvgIpc) is 3.19. The average molecular weight is 334 g/mol. The second-order valence-corrected chi connectivity index (χ2v) is 6.42. The molecule has 1 aliphatic heterocycles. The van der Waals surface area contributed by atoms with Gasteiger partial charge in [-0.3, -0.25) is 14.4 Å². The topological polar surface area (TPSA) is 66.5 Å². The van der Waals surface area contributed by atoms with Crippen LogP contribution in [0.25, 0.3) is 0 Å². The van der Waals surface area contributed by atoms with E-state index in [1.54, 1.807) is 24.3 Å². The lowest BCUT2D eigenvalue weighted by atomic mass is 10.0. The molecule has 0 radical (unpaired) electrons. The molecule has 1 fully saturated rings. The van der Waals surface area contributed by atoms with E-state index in [9.17, 15) is 14.4 Å². The molecule has 3 amide bonds. The van der Waals surface area contributed by atoms with Crippen molar-refractivity contribution in [3.05, 3.63) is 59.7 Å². The standard InChI is InChI=1S/C20H18N2O3/c23-18-11-12-19(24)22(18)17-8-4-3-7-16(17)21-20(25)15-10-9-13-5-1-2-6-14(13)15/h1-8,15H,9-12H2,(H,21,25). The summed E-state index contributed by atoms with van der Waals surface area (Å²) < 4.78 is 0. The maximum Gasteiger partial charge on any atom is 0.234 e. The van der Waals surface area contributed by atoms with Crippen molar-refractivity contribution in [2.45, 2.75) is 31.6 Å². The quantitative estimate of drug-likeness (QED) is 0.878. The number of benzene rings is 2. The highest BCUT2D eigenvalue weighted by atomic mass is 16.2. The molecule has 1 N–H and O–H groups in total. The van der Waals surface area contributed by atoms with Gasteiger partial charge >= 0.3 is 0 Å². The van der Waals surface area contributed by atoms with Gasteiger partial charge in [-0.2, -0.15) is 0 Å². The van der Waals surface area contributed by atoms with Crippen LogP contribution in [0.1, 0.15) is 36.3 Å². The van der Waals surface area contributed by atoms with Gasteiger partial charge in [0.2, 0.25) is 17.7 Å². The van der Waals surface area contributed by atoms with Crippen LogP contribution < -0.4 is 10.2 Å². The monoisotopic (exact) mass is 334 g/mol. The molecule has 5 heteroatoms. The van der Waals surface area contributed by atoms with Gasteiger partial charge < -0.3 is 5.32 Å². The highest BCUT2D eigenvalue weighted by Gasteiger charge is 2.33. The van der Waals surface area contributed by atoms with Gasteiger partial charge in [0.1, 0.15) is 0 Å². The zero-order valence-corrected chi connectivity index (χ0v) is 13.7. The zero-order chi connectivity index (χ0) is 17.4. The summed E-state index contributed by atoms with van der Waals surface area (Å²) in [6.07, 6.45) is 2.10. The third-order valence-electron chi connectivity index (χ3n) is 4.90. The number of rotatable bonds is 3. The first kappa shape index (κ1) is 15.6. The van der Waals surface area contributed by atoms with Crippen LogP contribution in [0.15, 0.2) is 48.5 Å². The summed E-state index contributed by atoms with van der Waals surface area (Å²) in [4.78, 5) is 38.1. The highest BCUT2D eigenvalue weighted by molar-refractivity contribution is 6.21. The molecular weight excluding hydrogens is 316 g/mol. The van der Waals surface area contributed by atoms with Gasteiger partial charge in [0.25, 0.3) is 0 Å². The van der Waals surface area contributed by atoms with Gasteiger partial charge in [0, 0.05) is 12.8 Å². The molecule has 2 aliphatic rings. The summed E-state index contributed by atoms with van der Waals surface area (Å²) in [5, 5.41) is 2.93. The van der Waals surface area contributed by atoms with Gasteiger partial charge in [0.15, 0.2) is 0 Å². The second-order valence-electron chi connectivity index (χ2n) is 6.42. The lowest BCUT2D eigenvalue weighted by Crippen LogP contribution is -2.30. The molecule has 1 heterocycles. The molecule has 4 rings (SSSR count). The van der Waals surface area contributed by atoms with Crippen LogP contribution in [-0.4, -0.2) is 17.7 Å². The molecule has 0 saturated carbocycles. The molecule has 0 spiro atoms. The molecule has 1 atom stereocenters. The van der Waals surface area contributed by atoms with Crippen LogP contribution in [0.4, 0.5) is 11.4 Å². The zero-order valence-electron chi connectivity index (χ0n) is 13.7. The van der Waals surface area contributed by atoms with Crippen molar-refractivity contribution >= 4 is 29.1 Å². The Morgan fingerprint density at radius 1 is 0.920 bits per heavy atom. The Kier molecular flexibility index (Phi) is 3.84. The molecule has 126 valence electrons.